The minimum absolute atomic E-state index is 0.331. The van der Waals surface area contributed by atoms with Crippen molar-refractivity contribution < 1.29 is 5.11 Å². The standard InChI is InChI=1S/C16H13NOS/c18-15-8-9-16(14-7-2-1-6-13(14)15)19-11-12-5-3-4-10-17-12/h1-10,18H,11H2. The van der Waals surface area contributed by atoms with Crippen molar-refractivity contribution in [3.05, 3.63) is 66.5 Å². The largest absolute Gasteiger partial charge is 0.507 e. The number of aromatic hydroxyl groups is 1. The van der Waals surface area contributed by atoms with Crippen LogP contribution in [0, 0.1) is 0 Å². The van der Waals surface area contributed by atoms with Crippen molar-refractivity contribution in [1.82, 2.24) is 4.98 Å². The quantitative estimate of drug-likeness (QED) is 0.721. The van der Waals surface area contributed by atoms with Crippen molar-refractivity contribution >= 4 is 22.5 Å². The highest BCUT2D eigenvalue weighted by Gasteiger charge is 2.05. The average molecular weight is 267 g/mol. The number of phenols is 1. The lowest BCUT2D eigenvalue weighted by atomic mass is 10.1. The Morgan fingerprint density at radius 1 is 0.895 bits per heavy atom. The molecule has 0 aliphatic carbocycles. The first-order valence-corrected chi connectivity index (χ1v) is 7.06. The Kier molecular flexibility index (Phi) is 3.38. The van der Waals surface area contributed by atoms with E-state index in [1.54, 1.807) is 17.8 Å². The van der Waals surface area contributed by atoms with E-state index in [1.165, 1.54) is 4.90 Å². The van der Waals surface area contributed by atoms with Crippen LogP contribution in [0.1, 0.15) is 5.69 Å². The lowest BCUT2D eigenvalue weighted by molar-refractivity contribution is 0.481. The van der Waals surface area contributed by atoms with Crippen LogP contribution < -0.4 is 0 Å². The Morgan fingerprint density at radius 2 is 1.68 bits per heavy atom. The van der Waals surface area contributed by atoms with Crippen LogP contribution in [0.15, 0.2) is 65.7 Å². The molecule has 2 aromatic carbocycles. The molecule has 1 heterocycles. The molecular weight excluding hydrogens is 254 g/mol. The molecule has 0 radical (unpaired) electrons. The molecule has 19 heavy (non-hydrogen) atoms. The zero-order valence-electron chi connectivity index (χ0n) is 10.3. The molecule has 0 saturated carbocycles. The summed E-state index contributed by atoms with van der Waals surface area (Å²) < 4.78 is 0. The summed E-state index contributed by atoms with van der Waals surface area (Å²) in [6.45, 7) is 0. The number of phenolic OH excluding ortho intramolecular Hbond substituents is 1. The monoisotopic (exact) mass is 267 g/mol. The fraction of sp³-hybridized carbons (Fsp3) is 0.0625. The van der Waals surface area contributed by atoms with Crippen LogP contribution >= 0.6 is 11.8 Å². The minimum Gasteiger partial charge on any atom is -0.507 e. The van der Waals surface area contributed by atoms with Gasteiger partial charge in [-0.1, -0.05) is 30.3 Å². The minimum atomic E-state index is 0.331. The summed E-state index contributed by atoms with van der Waals surface area (Å²) in [5.41, 5.74) is 1.06. The zero-order chi connectivity index (χ0) is 13.1. The van der Waals surface area contributed by atoms with Crippen LogP contribution in [0.4, 0.5) is 0 Å². The molecule has 0 bridgehead atoms. The number of nitrogens with zero attached hydrogens (tertiary/aromatic N) is 1. The highest BCUT2D eigenvalue weighted by atomic mass is 32.2. The molecule has 0 unspecified atom stereocenters. The molecule has 0 aliphatic heterocycles. The second kappa shape index (κ2) is 5.33. The summed E-state index contributed by atoms with van der Waals surface area (Å²) in [5, 5.41) is 11.8. The van der Waals surface area contributed by atoms with Gasteiger partial charge in [0, 0.05) is 22.2 Å². The fourth-order valence-electron chi connectivity index (χ4n) is 2.02. The highest BCUT2D eigenvalue weighted by molar-refractivity contribution is 7.98. The number of pyridine rings is 1. The molecule has 0 aliphatic rings. The molecule has 1 aromatic heterocycles. The molecule has 0 fully saturated rings. The molecule has 0 saturated heterocycles. The van der Waals surface area contributed by atoms with Crippen molar-refractivity contribution in [3.8, 4) is 5.75 Å². The number of hydrogen-bond donors (Lipinski definition) is 1. The Morgan fingerprint density at radius 3 is 2.47 bits per heavy atom. The summed E-state index contributed by atoms with van der Waals surface area (Å²) in [7, 11) is 0. The van der Waals surface area contributed by atoms with Crippen LogP contribution in [-0.4, -0.2) is 10.1 Å². The first kappa shape index (κ1) is 12.1. The number of hydrogen-bond acceptors (Lipinski definition) is 3. The summed E-state index contributed by atoms with van der Waals surface area (Å²) in [6, 6.07) is 17.6. The molecular formula is C16H13NOS. The molecule has 3 heteroatoms. The van der Waals surface area contributed by atoms with E-state index in [2.05, 4.69) is 4.98 Å². The van der Waals surface area contributed by atoms with E-state index in [1.807, 2.05) is 54.7 Å². The molecule has 0 amide bonds. The Hall–Kier alpha value is -2.00. The van der Waals surface area contributed by atoms with E-state index in [-0.39, 0.29) is 0 Å². The van der Waals surface area contributed by atoms with E-state index in [0.29, 0.717) is 5.75 Å². The average Bonchev–Trinajstić information content (AvgIpc) is 2.48. The normalized spacial score (nSPS) is 10.7. The molecule has 0 atom stereocenters. The topological polar surface area (TPSA) is 33.1 Å². The van der Waals surface area contributed by atoms with Crippen LogP contribution in [0.2, 0.25) is 0 Å². The Labute approximate surface area is 116 Å². The molecule has 2 nitrogen and oxygen atoms in total. The molecule has 0 spiro atoms. The maximum absolute atomic E-state index is 9.86. The highest BCUT2D eigenvalue weighted by Crippen LogP contribution is 2.34. The van der Waals surface area contributed by atoms with Crippen molar-refractivity contribution in [1.29, 1.82) is 0 Å². The van der Waals surface area contributed by atoms with Gasteiger partial charge in [-0.15, -0.1) is 11.8 Å². The zero-order valence-corrected chi connectivity index (χ0v) is 11.1. The van der Waals surface area contributed by atoms with Crippen LogP contribution in [0.25, 0.3) is 10.8 Å². The van der Waals surface area contributed by atoms with Gasteiger partial charge >= 0.3 is 0 Å². The van der Waals surface area contributed by atoms with Crippen LogP contribution in [-0.2, 0) is 5.75 Å². The third-order valence-corrected chi connectivity index (χ3v) is 4.07. The van der Waals surface area contributed by atoms with Gasteiger partial charge in [-0.25, -0.2) is 0 Å². The van der Waals surface area contributed by atoms with Crippen molar-refractivity contribution in [2.75, 3.05) is 0 Å². The van der Waals surface area contributed by atoms with E-state index in [9.17, 15) is 5.11 Å². The number of benzene rings is 2. The number of fused-ring (bicyclic) bond motifs is 1. The van der Waals surface area contributed by atoms with Gasteiger partial charge in [0.15, 0.2) is 0 Å². The summed E-state index contributed by atoms with van der Waals surface area (Å²) in [4.78, 5) is 5.49. The molecule has 1 N–H and O–H groups in total. The van der Waals surface area contributed by atoms with E-state index in [0.717, 1.165) is 22.2 Å². The van der Waals surface area contributed by atoms with Gasteiger partial charge in [0.05, 0.1) is 5.69 Å². The first-order chi connectivity index (χ1) is 9.34. The maximum Gasteiger partial charge on any atom is 0.123 e. The fourth-order valence-corrected chi connectivity index (χ4v) is 2.99. The Bertz CT molecular complexity index is 697. The van der Waals surface area contributed by atoms with Gasteiger partial charge in [-0.2, -0.15) is 0 Å². The third-order valence-electron chi connectivity index (χ3n) is 2.96. The Balaban J connectivity index is 1.91. The number of aromatic nitrogens is 1. The van der Waals surface area contributed by atoms with Crippen molar-refractivity contribution in [2.45, 2.75) is 10.6 Å². The summed E-state index contributed by atoms with van der Waals surface area (Å²) in [6.07, 6.45) is 1.81. The summed E-state index contributed by atoms with van der Waals surface area (Å²) in [5.74, 6) is 1.16. The second-order valence-electron chi connectivity index (χ2n) is 4.24. The van der Waals surface area contributed by atoms with Crippen molar-refractivity contribution in [2.24, 2.45) is 0 Å². The molecule has 3 rings (SSSR count). The predicted octanol–water partition coefficient (Wildman–Crippen LogP) is 4.23. The van der Waals surface area contributed by atoms with Gasteiger partial charge in [-0.05, 0) is 29.7 Å². The van der Waals surface area contributed by atoms with Gasteiger partial charge in [0.25, 0.3) is 0 Å². The van der Waals surface area contributed by atoms with E-state index in [4.69, 9.17) is 0 Å². The van der Waals surface area contributed by atoms with Gasteiger partial charge in [0.1, 0.15) is 5.75 Å². The number of rotatable bonds is 3. The van der Waals surface area contributed by atoms with Crippen LogP contribution in [0.3, 0.4) is 0 Å². The molecule has 94 valence electrons. The van der Waals surface area contributed by atoms with Gasteiger partial charge in [0.2, 0.25) is 0 Å². The predicted molar refractivity (Wildman–Crippen MR) is 79.4 cm³/mol. The third kappa shape index (κ3) is 2.56. The molecule has 3 aromatic rings. The van der Waals surface area contributed by atoms with Crippen LogP contribution in [0.5, 0.6) is 5.75 Å². The van der Waals surface area contributed by atoms with Crippen molar-refractivity contribution in [3.63, 3.8) is 0 Å². The lowest BCUT2D eigenvalue weighted by Gasteiger charge is -2.07. The first-order valence-electron chi connectivity index (χ1n) is 6.08. The number of thioether (sulfide) groups is 1. The van der Waals surface area contributed by atoms with Gasteiger partial charge < -0.3 is 5.11 Å². The lowest BCUT2D eigenvalue weighted by Crippen LogP contribution is -1.85. The smallest absolute Gasteiger partial charge is 0.123 e. The van der Waals surface area contributed by atoms with E-state index < -0.39 is 0 Å². The second-order valence-corrected chi connectivity index (χ2v) is 5.26. The summed E-state index contributed by atoms with van der Waals surface area (Å²) >= 11 is 1.74. The van der Waals surface area contributed by atoms with E-state index >= 15 is 0 Å². The maximum atomic E-state index is 9.86. The SMILES string of the molecule is Oc1ccc(SCc2ccccn2)c2ccccc12. The van der Waals surface area contributed by atoms with Gasteiger partial charge in [-0.3, -0.25) is 4.98 Å².